The van der Waals surface area contributed by atoms with Crippen molar-refractivity contribution in [2.24, 2.45) is 0 Å². The summed E-state index contributed by atoms with van der Waals surface area (Å²) in [5.41, 5.74) is -0.185. The zero-order valence-electron chi connectivity index (χ0n) is 10.9. The summed E-state index contributed by atoms with van der Waals surface area (Å²) in [5.74, 6) is 0.155. The van der Waals surface area contributed by atoms with Crippen LogP contribution >= 0.6 is 0 Å². The molecule has 6 nitrogen and oxygen atoms in total. The number of nitrogens with zero attached hydrogens (tertiary/aromatic N) is 1. The van der Waals surface area contributed by atoms with Crippen LogP contribution in [0.4, 0.5) is 5.82 Å². The van der Waals surface area contributed by atoms with E-state index in [1.54, 1.807) is 48.7 Å². The van der Waals surface area contributed by atoms with E-state index in [4.69, 9.17) is 0 Å². The quantitative estimate of drug-likeness (QED) is 0.549. The number of aromatic amines is 1. The van der Waals surface area contributed by atoms with E-state index in [1.165, 1.54) is 0 Å². The van der Waals surface area contributed by atoms with Crippen LogP contribution in [0.1, 0.15) is 11.8 Å². The molecule has 4 N–H and O–H groups in total. The average Bonchev–Trinajstić information content (AvgIpc) is 2.48. The van der Waals surface area contributed by atoms with Crippen LogP contribution < -0.4 is 10.9 Å². The Morgan fingerprint density at radius 3 is 2.67 bits per heavy atom. The lowest BCUT2D eigenvalue weighted by Crippen LogP contribution is -2.21. The number of aliphatic hydroxyl groups is 1. The number of para-hydroxylation sites is 1. The van der Waals surface area contributed by atoms with E-state index in [2.05, 4.69) is 15.3 Å². The number of aromatic hydroxyl groups is 1. The summed E-state index contributed by atoms with van der Waals surface area (Å²) in [6, 6.07) is 12.0. The van der Waals surface area contributed by atoms with Gasteiger partial charge in [0.05, 0.1) is 5.52 Å². The van der Waals surface area contributed by atoms with E-state index >= 15 is 0 Å². The Morgan fingerprint density at radius 1 is 1.14 bits per heavy atom. The third-order valence-electron chi connectivity index (χ3n) is 3.15. The summed E-state index contributed by atoms with van der Waals surface area (Å²) in [6.45, 7) is 0. The van der Waals surface area contributed by atoms with Crippen LogP contribution in [0.25, 0.3) is 10.9 Å². The molecule has 21 heavy (non-hydrogen) atoms. The molecule has 0 aliphatic carbocycles. The maximum Gasteiger partial charge on any atom is 0.259 e. The standard InChI is InChI=1S/C15H13N3O3/c19-13-9-5-1-2-6-10(9)17-14(20)12(13)15(21)18-11-7-3-4-8-16-11/h1-8,15,21H,(H,16,18)(H2,17,19,20). The third kappa shape index (κ3) is 2.44. The van der Waals surface area contributed by atoms with Gasteiger partial charge in [0.15, 0.2) is 6.23 Å². The van der Waals surface area contributed by atoms with Crippen LogP contribution in [0.3, 0.4) is 0 Å². The van der Waals surface area contributed by atoms with E-state index in [9.17, 15) is 15.0 Å². The van der Waals surface area contributed by atoms with Crippen molar-refractivity contribution in [2.45, 2.75) is 6.23 Å². The highest BCUT2D eigenvalue weighted by Crippen LogP contribution is 2.28. The molecule has 0 bridgehead atoms. The van der Waals surface area contributed by atoms with Crippen molar-refractivity contribution in [1.82, 2.24) is 9.97 Å². The molecule has 3 aromatic rings. The summed E-state index contributed by atoms with van der Waals surface area (Å²) in [4.78, 5) is 18.7. The first-order valence-electron chi connectivity index (χ1n) is 6.36. The molecule has 2 aromatic heterocycles. The second-order valence-electron chi connectivity index (χ2n) is 4.52. The average molecular weight is 283 g/mol. The van der Waals surface area contributed by atoms with Gasteiger partial charge in [-0.1, -0.05) is 18.2 Å². The largest absolute Gasteiger partial charge is 0.507 e. The van der Waals surface area contributed by atoms with E-state index in [0.717, 1.165) is 0 Å². The first-order valence-corrected chi connectivity index (χ1v) is 6.36. The zero-order chi connectivity index (χ0) is 14.8. The monoisotopic (exact) mass is 283 g/mol. The molecule has 6 heteroatoms. The van der Waals surface area contributed by atoms with Gasteiger partial charge in [0, 0.05) is 11.6 Å². The van der Waals surface area contributed by atoms with Crippen molar-refractivity contribution in [3.8, 4) is 5.75 Å². The number of benzene rings is 1. The van der Waals surface area contributed by atoms with Crippen molar-refractivity contribution >= 4 is 16.7 Å². The molecule has 0 saturated carbocycles. The van der Waals surface area contributed by atoms with Gasteiger partial charge in [-0.2, -0.15) is 0 Å². The Hall–Kier alpha value is -2.86. The lowest BCUT2D eigenvalue weighted by molar-refractivity contribution is 0.202. The number of hydrogen-bond acceptors (Lipinski definition) is 5. The van der Waals surface area contributed by atoms with Crippen molar-refractivity contribution < 1.29 is 10.2 Å². The number of hydrogen-bond donors (Lipinski definition) is 4. The number of H-pyrrole nitrogens is 1. The normalized spacial score (nSPS) is 12.2. The van der Waals surface area contributed by atoms with Crippen molar-refractivity contribution in [3.05, 3.63) is 64.6 Å². The predicted octanol–water partition coefficient (Wildman–Crippen LogP) is 1.73. The summed E-state index contributed by atoms with van der Waals surface area (Å²) >= 11 is 0. The summed E-state index contributed by atoms with van der Waals surface area (Å²) in [5, 5.41) is 23.5. The molecule has 0 aliphatic heterocycles. The van der Waals surface area contributed by atoms with Gasteiger partial charge in [0.2, 0.25) is 0 Å². The van der Waals surface area contributed by atoms with E-state index < -0.39 is 11.8 Å². The van der Waals surface area contributed by atoms with Gasteiger partial charge in [0.1, 0.15) is 17.1 Å². The highest BCUT2D eigenvalue weighted by Gasteiger charge is 2.19. The number of anilines is 1. The van der Waals surface area contributed by atoms with E-state index in [1.807, 2.05) is 0 Å². The third-order valence-corrected chi connectivity index (χ3v) is 3.15. The fourth-order valence-electron chi connectivity index (χ4n) is 2.15. The first kappa shape index (κ1) is 13.1. The predicted molar refractivity (Wildman–Crippen MR) is 79.1 cm³/mol. The van der Waals surface area contributed by atoms with Gasteiger partial charge in [-0.3, -0.25) is 4.79 Å². The van der Waals surface area contributed by atoms with Crippen molar-refractivity contribution in [1.29, 1.82) is 0 Å². The molecular formula is C15H13N3O3. The van der Waals surface area contributed by atoms with Gasteiger partial charge in [-0.15, -0.1) is 0 Å². The molecule has 1 unspecified atom stereocenters. The molecular weight excluding hydrogens is 270 g/mol. The number of aliphatic hydroxyl groups excluding tert-OH is 1. The van der Waals surface area contributed by atoms with Crippen LogP contribution in [-0.4, -0.2) is 20.2 Å². The number of aromatic nitrogens is 2. The highest BCUT2D eigenvalue weighted by molar-refractivity contribution is 5.85. The van der Waals surface area contributed by atoms with Crippen molar-refractivity contribution in [3.63, 3.8) is 0 Å². The van der Waals surface area contributed by atoms with Gasteiger partial charge in [-0.25, -0.2) is 4.98 Å². The van der Waals surface area contributed by atoms with Gasteiger partial charge < -0.3 is 20.5 Å². The van der Waals surface area contributed by atoms with E-state index in [0.29, 0.717) is 16.7 Å². The smallest absolute Gasteiger partial charge is 0.259 e. The number of pyridine rings is 2. The minimum atomic E-state index is -1.37. The molecule has 0 spiro atoms. The summed E-state index contributed by atoms with van der Waals surface area (Å²) < 4.78 is 0. The molecule has 0 aliphatic rings. The van der Waals surface area contributed by atoms with Crippen LogP contribution in [0.2, 0.25) is 0 Å². The van der Waals surface area contributed by atoms with Gasteiger partial charge >= 0.3 is 0 Å². The van der Waals surface area contributed by atoms with E-state index in [-0.39, 0.29) is 11.3 Å². The van der Waals surface area contributed by atoms with Crippen LogP contribution in [-0.2, 0) is 0 Å². The fraction of sp³-hybridized carbons (Fsp3) is 0.0667. The van der Waals surface area contributed by atoms with Crippen LogP contribution in [0.15, 0.2) is 53.5 Å². The Balaban J connectivity index is 2.05. The molecule has 0 fully saturated rings. The SMILES string of the molecule is O=c1[nH]c2ccccc2c(O)c1C(O)Nc1ccccn1. The molecule has 1 aromatic carbocycles. The second-order valence-corrected chi connectivity index (χ2v) is 4.52. The Morgan fingerprint density at radius 2 is 1.90 bits per heavy atom. The van der Waals surface area contributed by atoms with Crippen LogP contribution in [0.5, 0.6) is 5.75 Å². The molecule has 106 valence electrons. The first-order chi connectivity index (χ1) is 10.2. The highest BCUT2D eigenvalue weighted by atomic mass is 16.3. The number of fused-ring (bicyclic) bond motifs is 1. The van der Waals surface area contributed by atoms with Crippen LogP contribution in [0, 0.1) is 0 Å². The maximum atomic E-state index is 12.0. The minimum absolute atomic E-state index is 0.139. The lowest BCUT2D eigenvalue weighted by Gasteiger charge is -2.15. The Bertz CT molecular complexity index is 830. The maximum absolute atomic E-state index is 12.0. The van der Waals surface area contributed by atoms with Gasteiger partial charge in [-0.05, 0) is 24.3 Å². The minimum Gasteiger partial charge on any atom is -0.507 e. The Kier molecular flexibility index (Phi) is 3.29. The molecule has 0 saturated heterocycles. The molecule has 0 radical (unpaired) electrons. The topological polar surface area (TPSA) is 98.2 Å². The molecule has 0 amide bonds. The molecule has 1 atom stereocenters. The van der Waals surface area contributed by atoms with Crippen molar-refractivity contribution in [2.75, 3.05) is 5.32 Å². The van der Waals surface area contributed by atoms with Gasteiger partial charge in [0.25, 0.3) is 5.56 Å². The molecule has 2 heterocycles. The number of nitrogens with one attached hydrogen (secondary N) is 2. The molecule has 3 rings (SSSR count). The summed E-state index contributed by atoms with van der Waals surface area (Å²) in [6.07, 6.45) is 0.188. The zero-order valence-corrected chi connectivity index (χ0v) is 10.9. The number of rotatable bonds is 3. The lowest BCUT2D eigenvalue weighted by atomic mass is 10.1. The second kappa shape index (κ2) is 5.26. The Labute approximate surface area is 119 Å². The summed E-state index contributed by atoms with van der Waals surface area (Å²) in [7, 11) is 0. The fourth-order valence-corrected chi connectivity index (χ4v) is 2.15.